The number of nitrogens with zero attached hydrogens (tertiary/aromatic N) is 4. The van der Waals surface area contributed by atoms with E-state index in [4.69, 9.17) is 9.97 Å². The van der Waals surface area contributed by atoms with E-state index in [0.717, 1.165) is 33.9 Å². The van der Waals surface area contributed by atoms with Gasteiger partial charge in [-0.25, -0.2) is 19.9 Å². The molecule has 0 bridgehead atoms. The van der Waals surface area contributed by atoms with Gasteiger partial charge in [-0.15, -0.1) is 0 Å². The van der Waals surface area contributed by atoms with Crippen molar-refractivity contribution in [2.24, 2.45) is 0 Å². The summed E-state index contributed by atoms with van der Waals surface area (Å²) in [5, 5.41) is 0. The van der Waals surface area contributed by atoms with Crippen LogP contribution in [0.15, 0.2) is 72.8 Å². The monoisotopic (exact) mass is 338 g/mol. The average molecular weight is 338 g/mol. The smallest absolute Gasteiger partial charge is 0.160 e. The fourth-order valence-electron chi connectivity index (χ4n) is 2.83. The molecule has 2 heterocycles. The van der Waals surface area contributed by atoms with E-state index >= 15 is 0 Å². The lowest BCUT2D eigenvalue weighted by Crippen LogP contribution is -1.99. The van der Waals surface area contributed by atoms with Crippen molar-refractivity contribution < 1.29 is 0 Å². The van der Waals surface area contributed by atoms with Crippen molar-refractivity contribution in [2.75, 3.05) is 0 Å². The summed E-state index contributed by atoms with van der Waals surface area (Å²) in [6.45, 7) is 3.95. The predicted octanol–water partition coefficient (Wildman–Crippen LogP) is 4.88. The van der Waals surface area contributed by atoms with Crippen LogP contribution in [0, 0.1) is 13.8 Å². The quantitative estimate of drug-likeness (QED) is 0.534. The van der Waals surface area contributed by atoms with Crippen LogP contribution in [0.4, 0.5) is 0 Å². The van der Waals surface area contributed by atoms with E-state index in [1.807, 2.05) is 86.6 Å². The molecule has 0 atom stereocenters. The minimum absolute atomic E-state index is 0.707. The first-order valence-corrected chi connectivity index (χ1v) is 8.51. The molecule has 0 amide bonds. The normalized spacial score (nSPS) is 10.7. The van der Waals surface area contributed by atoms with Gasteiger partial charge in [0.2, 0.25) is 0 Å². The highest BCUT2D eigenvalue weighted by atomic mass is 14.9. The number of hydrogen-bond acceptors (Lipinski definition) is 4. The van der Waals surface area contributed by atoms with Gasteiger partial charge in [0.05, 0.1) is 11.4 Å². The first-order chi connectivity index (χ1) is 12.7. The van der Waals surface area contributed by atoms with Gasteiger partial charge in [-0.1, -0.05) is 60.7 Å². The largest absolute Gasteiger partial charge is 0.233 e. The second-order valence-corrected chi connectivity index (χ2v) is 6.17. The van der Waals surface area contributed by atoms with Gasteiger partial charge in [-0.2, -0.15) is 0 Å². The Labute approximate surface area is 152 Å². The average Bonchev–Trinajstić information content (AvgIpc) is 2.68. The summed E-state index contributed by atoms with van der Waals surface area (Å²) < 4.78 is 0. The Morgan fingerprint density at radius 2 is 0.885 bits per heavy atom. The van der Waals surface area contributed by atoms with Gasteiger partial charge in [0.15, 0.2) is 11.6 Å². The Bertz CT molecular complexity index is 957. The molecular formula is C22H18N4. The first kappa shape index (κ1) is 16.1. The zero-order chi connectivity index (χ0) is 17.9. The molecule has 0 unspecified atom stereocenters. The third kappa shape index (κ3) is 3.35. The van der Waals surface area contributed by atoms with Gasteiger partial charge >= 0.3 is 0 Å². The maximum atomic E-state index is 4.75. The minimum Gasteiger partial charge on any atom is -0.233 e. The zero-order valence-corrected chi connectivity index (χ0v) is 14.7. The van der Waals surface area contributed by atoms with Crippen LogP contribution in [0.25, 0.3) is 34.2 Å². The maximum absolute atomic E-state index is 4.75. The SMILES string of the molecule is Cc1cc(-c2cc(C)nc(-c3ccccc3)n2)nc(-c2ccccc2)n1. The summed E-state index contributed by atoms with van der Waals surface area (Å²) >= 11 is 0. The van der Waals surface area contributed by atoms with Gasteiger partial charge in [0, 0.05) is 22.5 Å². The van der Waals surface area contributed by atoms with Crippen molar-refractivity contribution in [3.05, 3.63) is 84.2 Å². The molecule has 0 aliphatic rings. The number of aryl methyl sites for hydroxylation is 2. The van der Waals surface area contributed by atoms with Crippen molar-refractivity contribution in [3.63, 3.8) is 0 Å². The molecule has 0 aliphatic carbocycles. The lowest BCUT2D eigenvalue weighted by molar-refractivity contribution is 1.07. The van der Waals surface area contributed by atoms with Crippen molar-refractivity contribution in [1.82, 2.24) is 19.9 Å². The number of rotatable bonds is 3. The molecule has 2 aromatic carbocycles. The van der Waals surface area contributed by atoms with E-state index in [9.17, 15) is 0 Å². The van der Waals surface area contributed by atoms with E-state index in [0.29, 0.717) is 11.6 Å². The van der Waals surface area contributed by atoms with E-state index in [-0.39, 0.29) is 0 Å². The Morgan fingerprint density at radius 1 is 0.500 bits per heavy atom. The van der Waals surface area contributed by atoms with Crippen LogP contribution in [-0.2, 0) is 0 Å². The third-order valence-corrected chi connectivity index (χ3v) is 4.03. The third-order valence-electron chi connectivity index (χ3n) is 4.03. The van der Waals surface area contributed by atoms with Gasteiger partial charge in [0.1, 0.15) is 0 Å². The summed E-state index contributed by atoms with van der Waals surface area (Å²) in [5.41, 5.74) is 5.41. The molecule has 4 aromatic rings. The van der Waals surface area contributed by atoms with Crippen LogP contribution in [-0.4, -0.2) is 19.9 Å². The Kier molecular flexibility index (Phi) is 4.23. The topological polar surface area (TPSA) is 51.6 Å². The van der Waals surface area contributed by atoms with Crippen molar-refractivity contribution >= 4 is 0 Å². The van der Waals surface area contributed by atoms with Crippen LogP contribution >= 0.6 is 0 Å². The fraction of sp³-hybridized carbons (Fsp3) is 0.0909. The second kappa shape index (κ2) is 6.84. The van der Waals surface area contributed by atoms with E-state index in [1.54, 1.807) is 0 Å². The zero-order valence-electron chi connectivity index (χ0n) is 14.7. The molecule has 0 N–H and O–H groups in total. The molecule has 0 radical (unpaired) electrons. The molecule has 0 fully saturated rings. The van der Waals surface area contributed by atoms with Gasteiger partial charge < -0.3 is 0 Å². The Balaban J connectivity index is 1.83. The molecule has 0 aliphatic heterocycles. The van der Waals surface area contributed by atoms with Crippen molar-refractivity contribution in [2.45, 2.75) is 13.8 Å². The lowest BCUT2D eigenvalue weighted by atomic mass is 10.1. The Hall–Kier alpha value is -3.40. The highest BCUT2D eigenvalue weighted by Gasteiger charge is 2.11. The van der Waals surface area contributed by atoms with Gasteiger partial charge in [-0.3, -0.25) is 0 Å². The molecule has 0 spiro atoms. The van der Waals surface area contributed by atoms with Gasteiger partial charge in [0.25, 0.3) is 0 Å². The summed E-state index contributed by atoms with van der Waals surface area (Å²) in [4.78, 5) is 18.7. The van der Waals surface area contributed by atoms with Crippen molar-refractivity contribution in [3.8, 4) is 34.2 Å². The molecular weight excluding hydrogens is 320 g/mol. The standard InChI is InChI=1S/C22H18N4/c1-15-13-19(25-21(23-15)17-9-5-3-6-10-17)20-14-16(2)24-22(26-20)18-11-7-4-8-12-18/h3-14H,1-2H3. The predicted molar refractivity (Wildman–Crippen MR) is 103 cm³/mol. The first-order valence-electron chi connectivity index (χ1n) is 8.51. The molecule has 4 rings (SSSR count). The lowest BCUT2D eigenvalue weighted by Gasteiger charge is -2.08. The molecule has 0 saturated heterocycles. The fourth-order valence-corrected chi connectivity index (χ4v) is 2.83. The molecule has 26 heavy (non-hydrogen) atoms. The summed E-state index contributed by atoms with van der Waals surface area (Å²) in [5.74, 6) is 1.41. The second-order valence-electron chi connectivity index (χ2n) is 6.17. The molecule has 4 nitrogen and oxygen atoms in total. The number of aromatic nitrogens is 4. The van der Waals surface area contributed by atoms with Crippen molar-refractivity contribution in [1.29, 1.82) is 0 Å². The maximum Gasteiger partial charge on any atom is 0.160 e. The minimum atomic E-state index is 0.707. The van der Waals surface area contributed by atoms with Crippen LogP contribution in [0.2, 0.25) is 0 Å². The van der Waals surface area contributed by atoms with Crippen LogP contribution in [0.3, 0.4) is 0 Å². The molecule has 2 aromatic heterocycles. The molecule has 4 heteroatoms. The van der Waals surface area contributed by atoms with E-state index in [1.165, 1.54) is 0 Å². The van der Waals surface area contributed by atoms with Gasteiger partial charge in [-0.05, 0) is 26.0 Å². The summed E-state index contributed by atoms with van der Waals surface area (Å²) in [6.07, 6.45) is 0. The number of hydrogen-bond donors (Lipinski definition) is 0. The Morgan fingerprint density at radius 3 is 1.27 bits per heavy atom. The molecule has 126 valence electrons. The molecule has 0 saturated carbocycles. The van der Waals surface area contributed by atoms with Crippen LogP contribution in [0.5, 0.6) is 0 Å². The van der Waals surface area contributed by atoms with Crippen LogP contribution < -0.4 is 0 Å². The van der Waals surface area contributed by atoms with E-state index in [2.05, 4.69) is 9.97 Å². The van der Waals surface area contributed by atoms with Crippen LogP contribution in [0.1, 0.15) is 11.4 Å². The summed E-state index contributed by atoms with van der Waals surface area (Å²) in [7, 11) is 0. The number of benzene rings is 2. The highest BCUT2D eigenvalue weighted by Crippen LogP contribution is 2.24. The highest BCUT2D eigenvalue weighted by molar-refractivity contribution is 5.64. The summed E-state index contributed by atoms with van der Waals surface area (Å²) in [6, 6.07) is 23.9. The van der Waals surface area contributed by atoms with E-state index < -0.39 is 0 Å².